The van der Waals surface area contributed by atoms with Crippen molar-refractivity contribution in [3.8, 4) is 11.3 Å². The van der Waals surface area contributed by atoms with E-state index < -0.39 is 0 Å². The molecule has 2 aromatic heterocycles. The lowest BCUT2D eigenvalue weighted by molar-refractivity contribution is -0.142. The van der Waals surface area contributed by atoms with Crippen molar-refractivity contribution in [1.29, 1.82) is 0 Å². The standard InChI is InChI=1S/C21H22N4O3S2/c1-4-28-20(27)10-15-11-30-21(22-15)23-18(26)12-29-19-8-7-17(24-25-19)16-6-5-13(2)9-14(16)3/h5-9,11H,4,10,12H2,1-3H3,(H,22,23,26). The van der Waals surface area contributed by atoms with Gasteiger partial charge in [-0.15, -0.1) is 21.5 Å². The molecule has 1 N–H and O–H groups in total. The van der Waals surface area contributed by atoms with Crippen LogP contribution in [0.3, 0.4) is 0 Å². The zero-order chi connectivity index (χ0) is 21.5. The molecule has 1 aromatic carbocycles. The van der Waals surface area contributed by atoms with Crippen LogP contribution < -0.4 is 5.32 Å². The van der Waals surface area contributed by atoms with Crippen LogP contribution >= 0.6 is 23.1 Å². The molecule has 0 spiro atoms. The van der Waals surface area contributed by atoms with Crippen molar-refractivity contribution >= 4 is 40.1 Å². The summed E-state index contributed by atoms with van der Waals surface area (Å²) in [5.74, 6) is -0.346. The van der Waals surface area contributed by atoms with Gasteiger partial charge in [0, 0.05) is 10.9 Å². The van der Waals surface area contributed by atoms with E-state index in [9.17, 15) is 9.59 Å². The quantitative estimate of drug-likeness (QED) is 0.415. The van der Waals surface area contributed by atoms with E-state index in [0.29, 0.717) is 22.5 Å². The van der Waals surface area contributed by atoms with Crippen molar-refractivity contribution in [1.82, 2.24) is 15.2 Å². The first-order valence-electron chi connectivity index (χ1n) is 9.38. The number of carbonyl (C=O) groups excluding carboxylic acids is 2. The van der Waals surface area contributed by atoms with Gasteiger partial charge in [0.2, 0.25) is 5.91 Å². The molecular formula is C21H22N4O3S2. The third-order valence-corrected chi connectivity index (χ3v) is 5.80. The topological polar surface area (TPSA) is 94.1 Å². The minimum Gasteiger partial charge on any atom is -0.466 e. The van der Waals surface area contributed by atoms with Crippen LogP contribution in [-0.2, 0) is 20.7 Å². The molecule has 0 bridgehead atoms. The molecule has 0 fully saturated rings. The van der Waals surface area contributed by atoms with E-state index in [1.807, 2.05) is 31.2 Å². The monoisotopic (exact) mass is 442 g/mol. The van der Waals surface area contributed by atoms with E-state index >= 15 is 0 Å². The number of carbonyl (C=O) groups is 2. The van der Waals surface area contributed by atoms with Crippen LogP contribution in [0.4, 0.5) is 5.13 Å². The highest BCUT2D eigenvalue weighted by atomic mass is 32.2. The number of ether oxygens (including phenoxy) is 1. The fraction of sp³-hybridized carbons (Fsp3) is 0.286. The minimum absolute atomic E-state index is 0.0946. The number of thioether (sulfide) groups is 1. The third-order valence-electron chi connectivity index (χ3n) is 4.08. The van der Waals surface area contributed by atoms with E-state index in [0.717, 1.165) is 16.8 Å². The molecule has 30 heavy (non-hydrogen) atoms. The van der Waals surface area contributed by atoms with Crippen LogP contribution in [-0.4, -0.2) is 39.4 Å². The molecule has 1 amide bonds. The summed E-state index contributed by atoms with van der Waals surface area (Å²) in [7, 11) is 0. The van der Waals surface area contributed by atoms with Gasteiger partial charge in [-0.25, -0.2) is 4.98 Å². The molecule has 0 aliphatic rings. The number of nitrogens with zero attached hydrogens (tertiary/aromatic N) is 3. The van der Waals surface area contributed by atoms with Gasteiger partial charge in [0.15, 0.2) is 5.13 Å². The molecule has 0 saturated carbocycles. The highest BCUT2D eigenvalue weighted by molar-refractivity contribution is 7.99. The summed E-state index contributed by atoms with van der Waals surface area (Å²) >= 11 is 2.57. The second kappa shape index (κ2) is 10.3. The third kappa shape index (κ3) is 6.11. The maximum Gasteiger partial charge on any atom is 0.311 e. The van der Waals surface area contributed by atoms with Crippen LogP contribution in [0.1, 0.15) is 23.7 Å². The average molecular weight is 443 g/mol. The lowest BCUT2D eigenvalue weighted by Gasteiger charge is -2.06. The summed E-state index contributed by atoms with van der Waals surface area (Å²) in [4.78, 5) is 27.9. The van der Waals surface area contributed by atoms with Crippen molar-refractivity contribution in [2.75, 3.05) is 17.7 Å². The predicted molar refractivity (Wildman–Crippen MR) is 119 cm³/mol. The summed E-state index contributed by atoms with van der Waals surface area (Å²) in [6, 6.07) is 9.97. The molecule has 2 heterocycles. The number of anilines is 1. The van der Waals surface area contributed by atoms with Gasteiger partial charge in [-0.3, -0.25) is 9.59 Å². The second-order valence-corrected chi connectivity index (χ2v) is 8.39. The lowest BCUT2D eigenvalue weighted by Crippen LogP contribution is -2.14. The first kappa shape index (κ1) is 21.9. The molecule has 0 radical (unpaired) electrons. The SMILES string of the molecule is CCOC(=O)Cc1csc(NC(=O)CSc2ccc(-c3ccc(C)cc3C)nn2)n1. The lowest BCUT2D eigenvalue weighted by atomic mass is 10.0. The van der Waals surface area contributed by atoms with Crippen LogP contribution in [0.5, 0.6) is 0 Å². The maximum absolute atomic E-state index is 12.2. The number of nitrogens with one attached hydrogen (secondary N) is 1. The average Bonchev–Trinajstić information content (AvgIpc) is 3.13. The Bertz CT molecular complexity index is 1030. The first-order chi connectivity index (χ1) is 14.4. The van der Waals surface area contributed by atoms with Gasteiger partial charge >= 0.3 is 5.97 Å². The summed E-state index contributed by atoms with van der Waals surface area (Å²) in [5.41, 5.74) is 4.78. The number of aryl methyl sites for hydroxylation is 2. The van der Waals surface area contributed by atoms with Crippen molar-refractivity contribution in [3.63, 3.8) is 0 Å². The van der Waals surface area contributed by atoms with E-state index in [2.05, 4.69) is 33.5 Å². The fourth-order valence-electron chi connectivity index (χ4n) is 2.74. The normalized spacial score (nSPS) is 10.6. The Balaban J connectivity index is 1.51. The number of hydrogen-bond acceptors (Lipinski definition) is 8. The fourth-order valence-corrected chi connectivity index (χ4v) is 4.08. The number of aromatic nitrogens is 3. The largest absolute Gasteiger partial charge is 0.466 e. The van der Waals surface area contributed by atoms with Crippen LogP contribution in [0, 0.1) is 13.8 Å². The van der Waals surface area contributed by atoms with Gasteiger partial charge in [0.1, 0.15) is 5.03 Å². The van der Waals surface area contributed by atoms with Gasteiger partial charge in [-0.1, -0.05) is 35.5 Å². The van der Waals surface area contributed by atoms with Crippen molar-refractivity contribution in [2.24, 2.45) is 0 Å². The summed E-state index contributed by atoms with van der Waals surface area (Å²) in [6.45, 7) is 6.19. The smallest absolute Gasteiger partial charge is 0.311 e. The van der Waals surface area contributed by atoms with E-state index in [4.69, 9.17) is 4.74 Å². The summed E-state index contributed by atoms with van der Waals surface area (Å²) in [6.07, 6.45) is 0.0946. The number of esters is 1. The molecule has 0 aliphatic carbocycles. The van der Waals surface area contributed by atoms with Gasteiger partial charge < -0.3 is 10.1 Å². The Kier molecular flexibility index (Phi) is 7.53. The van der Waals surface area contributed by atoms with Crippen LogP contribution in [0.2, 0.25) is 0 Å². The number of amides is 1. The Morgan fingerprint density at radius 1 is 1.17 bits per heavy atom. The van der Waals surface area contributed by atoms with Crippen molar-refractivity contribution in [3.05, 3.63) is 52.5 Å². The van der Waals surface area contributed by atoms with Crippen molar-refractivity contribution in [2.45, 2.75) is 32.2 Å². The number of thiazole rings is 1. The van der Waals surface area contributed by atoms with E-state index in [1.165, 1.54) is 28.7 Å². The first-order valence-corrected chi connectivity index (χ1v) is 11.2. The summed E-state index contributed by atoms with van der Waals surface area (Å²) < 4.78 is 4.89. The van der Waals surface area contributed by atoms with Crippen LogP contribution in [0.25, 0.3) is 11.3 Å². The Labute approximate surface area is 183 Å². The van der Waals surface area contributed by atoms with E-state index in [1.54, 1.807) is 12.3 Å². The predicted octanol–water partition coefficient (Wildman–Crippen LogP) is 4.05. The molecule has 0 unspecified atom stereocenters. The maximum atomic E-state index is 12.2. The molecule has 0 saturated heterocycles. The Morgan fingerprint density at radius 2 is 2.00 bits per heavy atom. The van der Waals surface area contributed by atoms with Crippen molar-refractivity contribution < 1.29 is 14.3 Å². The zero-order valence-electron chi connectivity index (χ0n) is 17.0. The van der Waals surface area contributed by atoms with Gasteiger partial charge in [0.05, 0.1) is 30.2 Å². The molecule has 7 nitrogen and oxygen atoms in total. The summed E-state index contributed by atoms with van der Waals surface area (Å²) in [5, 5.41) is 14.1. The highest BCUT2D eigenvalue weighted by Gasteiger charge is 2.11. The molecule has 0 atom stereocenters. The molecule has 3 rings (SSSR count). The number of benzene rings is 1. The molecule has 156 valence electrons. The highest BCUT2D eigenvalue weighted by Crippen LogP contribution is 2.24. The second-order valence-electron chi connectivity index (χ2n) is 6.54. The minimum atomic E-state index is -0.334. The number of rotatable bonds is 8. The number of hydrogen-bond donors (Lipinski definition) is 1. The van der Waals surface area contributed by atoms with Crippen LogP contribution in [0.15, 0.2) is 40.7 Å². The van der Waals surface area contributed by atoms with Gasteiger partial charge in [-0.2, -0.15) is 0 Å². The Morgan fingerprint density at radius 3 is 2.70 bits per heavy atom. The molecule has 9 heteroatoms. The van der Waals surface area contributed by atoms with Gasteiger partial charge in [0.25, 0.3) is 0 Å². The molecule has 3 aromatic rings. The zero-order valence-corrected chi connectivity index (χ0v) is 18.6. The van der Waals surface area contributed by atoms with E-state index in [-0.39, 0.29) is 24.1 Å². The van der Waals surface area contributed by atoms with Gasteiger partial charge in [-0.05, 0) is 38.5 Å². The molecular weight excluding hydrogens is 420 g/mol. The molecule has 0 aliphatic heterocycles. The Hall–Kier alpha value is -2.78.